The normalized spacial score (nSPS) is 26.9. The van der Waals surface area contributed by atoms with Crippen LogP contribution in [0, 0.1) is 0 Å². The first-order valence-corrected chi connectivity index (χ1v) is 9.36. The van der Waals surface area contributed by atoms with E-state index in [1.807, 2.05) is 24.3 Å². The van der Waals surface area contributed by atoms with Gasteiger partial charge >= 0.3 is 0 Å². The summed E-state index contributed by atoms with van der Waals surface area (Å²) in [5, 5.41) is -0.671. The Hall–Kier alpha value is -1.69. The maximum Gasteiger partial charge on any atom is 0.183 e. The molecule has 1 saturated carbocycles. The van der Waals surface area contributed by atoms with Gasteiger partial charge in [0.1, 0.15) is 0 Å². The van der Waals surface area contributed by atoms with Crippen molar-refractivity contribution in [1.82, 2.24) is 0 Å². The summed E-state index contributed by atoms with van der Waals surface area (Å²) in [6.07, 6.45) is 0.946. The van der Waals surface area contributed by atoms with Gasteiger partial charge in [0.25, 0.3) is 0 Å². The summed E-state index contributed by atoms with van der Waals surface area (Å²) in [6, 6.07) is 16.5. The summed E-state index contributed by atoms with van der Waals surface area (Å²) in [6.45, 7) is 2.23. The molecule has 0 bridgehead atoms. The van der Waals surface area contributed by atoms with E-state index in [4.69, 9.17) is 11.5 Å². The lowest BCUT2D eigenvalue weighted by Crippen LogP contribution is -2.39. The fourth-order valence-corrected chi connectivity index (χ4v) is 5.68. The molecule has 122 valence electrons. The minimum atomic E-state index is -3.50. The lowest BCUT2D eigenvalue weighted by molar-refractivity contribution is 0.586. The molecule has 0 aromatic heterocycles. The largest absolute Gasteiger partial charge is 0.329 e. The van der Waals surface area contributed by atoms with Crippen molar-refractivity contribution in [1.29, 1.82) is 0 Å². The quantitative estimate of drug-likeness (QED) is 0.876. The summed E-state index contributed by atoms with van der Waals surface area (Å²) < 4.78 is 25.9. The van der Waals surface area contributed by atoms with Crippen molar-refractivity contribution < 1.29 is 8.42 Å². The van der Waals surface area contributed by atoms with Crippen LogP contribution in [0.25, 0.3) is 0 Å². The van der Waals surface area contributed by atoms with Crippen LogP contribution < -0.4 is 11.5 Å². The zero-order valence-electron chi connectivity index (χ0n) is 13.1. The van der Waals surface area contributed by atoms with E-state index in [0.29, 0.717) is 4.90 Å². The molecule has 1 aliphatic rings. The molecular weight excluding hydrogens is 308 g/mol. The van der Waals surface area contributed by atoms with Gasteiger partial charge in [0.2, 0.25) is 0 Å². The van der Waals surface area contributed by atoms with Gasteiger partial charge in [0, 0.05) is 12.5 Å². The van der Waals surface area contributed by atoms with E-state index in [-0.39, 0.29) is 12.5 Å². The number of benzene rings is 2. The van der Waals surface area contributed by atoms with Crippen LogP contribution in [0.2, 0.25) is 0 Å². The first kappa shape index (κ1) is 16.2. The molecule has 2 aromatic rings. The maximum absolute atomic E-state index is 12.9. The summed E-state index contributed by atoms with van der Waals surface area (Å²) in [5.74, 6) is -0.261. The van der Waals surface area contributed by atoms with E-state index >= 15 is 0 Å². The Labute approximate surface area is 137 Å². The smallest absolute Gasteiger partial charge is 0.183 e. The van der Waals surface area contributed by atoms with Gasteiger partial charge in [-0.05, 0) is 29.7 Å². The van der Waals surface area contributed by atoms with E-state index in [1.165, 1.54) is 5.56 Å². The molecule has 0 amide bonds. The summed E-state index contributed by atoms with van der Waals surface area (Å²) >= 11 is 0. The molecule has 0 saturated heterocycles. The van der Waals surface area contributed by atoms with E-state index < -0.39 is 20.6 Å². The van der Waals surface area contributed by atoms with Gasteiger partial charge in [-0.3, -0.25) is 0 Å². The Morgan fingerprint density at radius 3 is 2.17 bits per heavy atom. The van der Waals surface area contributed by atoms with Gasteiger partial charge in [0.05, 0.1) is 15.7 Å². The number of hydrogen-bond donors (Lipinski definition) is 2. The minimum absolute atomic E-state index is 0.143. The molecule has 0 aliphatic heterocycles. The predicted octanol–water partition coefficient (Wildman–Crippen LogP) is 1.84. The van der Waals surface area contributed by atoms with Crippen LogP contribution >= 0.6 is 0 Å². The van der Waals surface area contributed by atoms with Crippen molar-refractivity contribution in [3.05, 3.63) is 65.7 Å². The fourth-order valence-electron chi connectivity index (χ4n) is 3.34. The van der Waals surface area contributed by atoms with E-state index in [1.54, 1.807) is 30.3 Å². The molecule has 4 nitrogen and oxygen atoms in total. The standard InChI is InChI=1S/C18H22N2O2S/c1-2-13-8-10-14(11-9-13)16-17(18(16,20)12-19)23(21,22)15-6-4-3-5-7-15/h3-11,16-17H,2,12,19-20H2,1H3/t16-,17+,18-/m1/s1. The van der Waals surface area contributed by atoms with Crippen molar-refractivity contribution in [2.24, 2.45) is 11.5 Å². The molecule has 0 heterocycles. The number of nitrogens with two attached hydrogens (primary N) is 2. The first-order chi connectivity index (χ1) is 10.9. The number of rotatable bonds is 5. The summed E-state index contributed by atoms with van der Waals surface area (Å²) in [7, 11) is -3.50. The van der Waals surface area contributed by atoms with Crippen LogP contribution in [0.15, 0.2) is 59.5 Å². The van der Waals surface area contributed by atoms with Crippen molar-refractivity contribution >= 4 is 9.84 Å². The molecular formula is C18H22N2O2S. The minimum Gasteiger partial charge on any atom is -0.329 e. The van der Waals surface area contributed by atoms with Crippen LogP contribution in [0.4, 0.5) is 0 Å². The molecule has 3 atom stereocenters. The Kier molecular flexibility index (Phi) is 4.04. The second kappa shape index (κ2) is 5.74. The number of aryl methyl sites for hydroxylation is 1. The van der Waals surface area contributed by atoms with Crippen LogP contribution in [-0.2, 0) is 16.3 Å². The number of sulfone groups is 1. The molecule has 5 heteroatoms. The molecule has 1 fully saturated rings. The van der Waals surface area contributed by atoms with E-state index in [2.05, 4.69) is 6.92 Å². The average Bonchev–Trinajstić information content (AvgIpc) is 3.23. The van der Waals surface area contributed by atoms with Crippen molar-refractivity contribution in [3.63, 3.8) is 0 Å². The molecule has 1 aliphatic carbocycles. The third kappa shape index (κ3) is 2.59. The third-order valence-corrected chi connectivity index (χ3v) is 7.12. The molecule has 0 unspecified atom stereocenters. The zero-order valence-corrected chi connectivity index (χ0v) is 14.0. The summed E-state index contributed by atoms with van der Waals surface area (Å²) in [4.78, 5) is 0.306. The van der Waals surface area contributed by atoms with Crippen molar-refractivity contribution in [2.75, 3.05) is 6.54 Å². The molecule has 0 radical (unpaired) electrons. The topological polar surface area (TPSA) is 86.2 Å². The van der Waals surface area contributed by atoms with Gasteiger partial charge in [-0.25, -0.2) is 8.42 Å². The second-order valence-corrected chi connectivity index (χ2v) is 8.24. The van der Waals surface area contributed by atoms with Crippen LogP contribution in [0.1, 0.15) is 24.0 Å². The second-order valence-electron chi connectivity index (χ2n) is 6.17. The van der Waals surface area contributed by atoms with Gasteiger partial charge in [-0.2, -0.15) is 0 Å². The van der Waals surface area contributed by atoms with E-state index in [0.717, 1.165) is 12.0 Å². The zero-order chi connectivity index (χ0) is 16.7. The van der Waals surface area contributed by atoms with Gasteiger partial charge in [-0.1, -0.05) is 49.4 Å². The highest BCUT2D eigenvalue weighted by molar-refractivity contribution is 7.92. The average molecular weight is 330 g/mol. The first-order valence-electron chi connectivity index (χ1n) is 7.82. The predicted molar refractivity (Wildman–Crippen MR) is 91.9 cm³/mol. The van der Waals surface area contributed by atoms with Crippen LogP contribution in [0.5, 0.6) is 0 Å². The monoisotopic (exact) mass is 330 g/mol. The van der Waals surface area contributed by atoms with Crippen LogP contribution in [0.3, 0.4) is 0 Å². The highest BCUT2D eigenvalue weighted by atomic mass is 32.2. The lowest BCUT2D eigenvalue weighted by atomic mass is 10.0. The van der Waals surface area contributed by atoms with Crippen LogP contribution in [-0.4, -0.2) is 25.8 Å². The Bertz CT molecular complexity index is 788. The molecule has 2 aromatic carbocycles. The van der Waals surface area contributed by atoms with Crippen molar-refractivity contribution in [3.8, 4) is 0 Å². The number of hydrogen-bond acceptors (Lipinski definition) is 4. The van der Waals surface area contributed by atoms with Gasteiger partial charge < -0.3 is 11.5 Å². The summed E-state index contributed by atoms with van der Waals surface area (Å²) in [5.41, 5.74) is 13.4. The van der Waals surface area contributed by atoms with Gasteiger partial charge in [-0.15, -0.1) is 0 Å². The van der Waals surface area contributed by atoms with E-state index in [9.17, 15) is 8.42 Å². The Morgan fingerprint density at radius 2 is 1.65 bits per heavy atom. The molecule has 0 spiro atoms. The highest BCUT2D eigenvalue weighted by Gasteiger charge is 2.68. The van der Waals surface area contributed by atoms with Crippen molar-refractivity contribution in [2.45, 2.75) is 34.9 Å². The molecule has 4 N–H and O–H groups in total. The van der Waals surface area contributed by atoms with Gasteiger partial charge in [0.15, 0.2) is 9.84 Å². The maximum atomic E-state index is 12.9. The molecule has 23 heavy (non-hydrogen) atoms. The third-order valence-electron chi connectivity index (χ3n) is 4.81. The Balaban J connectivity index is 1.98. The Morgan fingerprint density at radius 1 is 1.04 bits per heavy atom. The SMILES string of the molecule is CCc1ccc([C@@H]2[C@H](S(=O)(=O)c3ccccc3)[C@@]2(N)CN)cc1. The molecule has 3 rings (SSSR count). The lowest BCUT2D eigenvalue weighted by Gasteiger charge is -2.09. The fraction of sp³-hybridized carbons (Fsp3) is 0.333. The highest BCUT2D eigenvalue weighted by Crippen LogP contribution is 2.55.